The lowest BCUT2D eigenvalue weighted by molar-refractivity contribution is 0.131. The molecule has 3 aromatic carbocycles. The Balaban J connectivity index is 1.51. The van der Waals surface area contributed by atoms with E-state index in [2.05, 4.69) is 90.7 Å². The van der Waals surface area contributed by atoms with Gasteiger partial charge in [0.2, 0.25) is 0 Å². The van der Waals surface area contributed by atoms with E-state index in [0.717, 1.165) is 38.3 Å². The third-order valence-corrected chi connectivity index (χ3v) is 8.11. The van der Waals surface area contributed by atoms with Crippen LogP contribution in [0.3, 0.4) is 0 Å². The minimum atomic E-state index is -0.223. The van der Waals surface area contributed by atoms with Crippen LogP contribution in [0.5, 0.6) is 0 Å². The molecule has 0 spiro atoms. The quantitative estimate of drug-likeness (QED) is 0.433. The Morgan fingerprint density at radius 3 is 2.15 bits per heavy atom. The summed E-state index contributed by atoms with van der Waals surface area (Å²) in [5.74, 6) is 0.727. The highest BCUT2D eigenvalue weighted by atomic mass is 15.2. The number of nitrogens with zero attached hydrogens (tertiary/aromatic N) is 1. The van der Waals surface area contributed by atoms with Gasteiger partial charge in [-0.1, -0.05) is 98.6 Å². The molecule has 0 bridgehead atoms. The maximum atomic E-state index is 6.98. The smallest absolute Gasteiger partial charge is 0.0607 e. The lowest BCUT2D eigenvalue weighted by atomic mass is 9.75. The van der Waals surface area contributed by atoms with Crippen LogP contribution in [0.25, 0.3) is 0 Å². The number of piperidine rings is 1. The Morgan fingerprint density at radius 2 is 1.48 bits per heavy atom. The van der Waals surface area contributed by atoms with E-state index < -0.39 is 0 Å². The second kappa shape index (κ2) is 9.83. The van der Waals surface area contributed by atoms with Crippen molar-refractivity contribution in [1.82, 2.24) is 4.90 Å². The second-order valence-electron chi connectivity index (χ2n) is 10.2. The largest absolute Gasteiger partial charge is 0.321 e. The normalized spacial score (nSPS) is 19.7. The molecule has 0 radical (unpaired) electrons. The van der Waals surface area contributed by atoms with Crippen LogP contribution >= 0.6 is 0 Å². The molecule has 1 aliphatic carbocycles. The summed E-state index contributed by atoms with van der Waals surface area (Å²) < 4.78 is 0. The monoisotopic (exact) mass is 438 g/mol. The van der Waals surface area contributed by atoms with Crippen molar-refractivity contribution in [1.29, 1.82) is 0 Å². The fourth-order valence-corrected chi connectivity index (χ4v) is 5.95. The summed E-state index contributed by atoms with van der Waals surface area (Å²) in [4.78, 5) is 2.72. The topological polar surface area (TPSA) is 29.3 Å². The summed E-state index contributed by atoms with van der Waals surface area (Å²) in [6.07, 6.45) is 8.34. The molecule has 1 saturated carbocycles. The molecule has 3 aromatic rings. The van der Waals surface area contributed by atoms with E-state index in [1.54, 1.807) is 5.56 Å². The molecule has 1 aliphatic heterocycles. The van der Waals surface area contributed by atoms with Crippen molar-refractivity contribution >= 4 is 0 Å². The Morgan fingerprint density at radius 1 is 0.848 bits per heavy atom. The summed E-state index contributed by atoms with van der Waals surface area (Å²) in [5.41, 5.74) is 14.1. The molecule has 2 N–H and O–H groups in total. The van der Waals surface area contributed by atoms with Crippen molar-refractivity contribution in [3.05, 3.63) is 107 Å². The van der Waals surface area contributed by atoms with E-state index >= 15 is 0 Å². The number of nitrogens with two attached hydrogens (primary N) is 1. The number of aryl methyl sites for hydroxylation is 1. The van der Waals surface area contributed by atoms with Gasteiger partial charge in [0.1, 0.15) is 0 Å². The van der Waals surface area contributed by atoms with Gasteiger partial charge in [0.05, 0.1) is 6.04 Å². The molecule has 1 unspecified atom stereocenters. The van der Waals surface area contributed by atoms with Crippen LogP contribution in [0.15, 0.2) is 78.9 Å². The van der Waals surface area contributed by atoms with Crippen molar-refractivity contribution in [3.63, 3.8) is 0 Å². The molecule has 0 amide bonds. The molecular weight excluding hydrogens is 400 g/mol. The van der Waals surface area contributed by atoms with E-state index in [0.29, 0.717) is 6.04 Å². The zero-order chi connectivity index (χ0) is 22.7. The molecule has 2 fully saturated rings. The third kappa shape index (κ3) is 4.52. The van der Waals surface area contributed by atoms with E-state index in [1.807, 2.05) is 0 Å². The van der Waals surface area contributed by atoms with Gasteiger partial charge in [-0.25, -0.2) is 0 Å². The molecule has 172 valence electrons. The zero-order valence-corrected chi connectivity index (χ0v) is 20.0. The molecule has 33 heavy (non-hydrogen) atoms. The van der Waals surface area contributed by atoms with Gasteiger partial charge in [-0.2, -0.15) is 0 Å². The van der Waals surface area contributed by atoms with Gasteiger partial charge in [-0.15, -0.1) is 0 Å². The van der Waals surface area contributed by atoms with Crippen molar-refractivity contribution in [3.8, 4) is 0 Å². The average Bonchev–Trinajstić information content (AvgIpc) is 2.82. The fourth-order valence-electron chi connectivity index (χ4n) is 5.95. The third-order valence-electron chi connectivity index (χ3n) is 8.11. The van der Waals surface area contributed by atoms with Gasteiger partial charge >= 0.3 is 0 Å². The average molecular weight is 439 g/mol. The molecule has 2 heteroatoms. The van der Waals surface area contributed by atoms with Crippen LogP contribution < -0.4 is 5.73 Å². The van der Waals surface area contributed by atoms with Crippen LogP contribution in [0.2, 0.25) is 0 Å². The summed E-state index contributed by atoms with van der Waals surface area (Å²) in [7, 11) is 0. The van der Waals surface area contributed by atoms with Gasteiger partial charge in [0.25, 0.3) is 0 Å². The molecule has 1 saturated heterocycles. The molecule has 5 rings (SSSR count). The van der Waals surface area contributed by atoms with Crippen molar-refractivity contribution in [2.24, 2.45) is 5.73 Å². The Bertz CT molecular complexity index is 1050. The summed E-state index contributed by atoms with van der Waals surface area (Å²) in [6.45, 7) is 4.34. The van der Waals surface area contributed by atoms with E-state index in [1.165, 1.54) is 47.9 Å². The lowest BCUT2D eigenvalue weighted by Gasteiger charge is -2.44. The maximum absolute atomic E-state index is 6.98. The number of hydrogen-bond acceptors (Lipinski definition) is 2. The Labute approximate surface area is 199 Å². The summed E-state index contributed by atoms with van der Waals surface area (Å²) in [5, 5.41) is 0. The lowest BCUT2D eigenvalue weighted by Crippen LogP contribution is -2.49. The number of hydrogen-bond donors (Lipinski definition) is 1. The number of likely N-dealkylation sites (tertiary alicyclic amines) is 1. The predicted molar refractivity (Wildman–Crippen MR) is 138 cm³/mol. The van der Waals surface area contributed by atoms with Crippen molar-refractivity contribution in [2.45, 2.75) is 69.4 Å². The van der Waals surface area contributed by atoms with Crippen LogP contribution in [-0.4, -0.2) is 18.0 Å². The first-order valence-electron chi connectivity index (χ1n) is 12.9. The zero-order valence-electron chi connectivity index (χ0n) is 20.0. The molecule has 2 nitrogen and oxygen atoms in total. The first-order chi connectivity index (χ1) is 16.2. The SMILES string of the molecule is CCCc1ccccc1C(c1ccccc1C1CCC1)N1CCC(N)(c2ccccc2)CC1. The van der Waals surface area contributed by atoms with Gasteiger partial charge < -0.3 is 5.73 Å². The highest BCUT2D eigenvalue weighted by Gasteiger charge is 2.37. The van der Waals surface area contributed by atoms with Crippen LogP contribution in [-0.2, 0) is 12.0 Å². The van der Waals surface area contributed by atoms with Gasteiger partial charge in [-0.05, 0) is 65.8 Å². The number of benzene rings is 3. The highest BCUT2D eigenvalue weighted by molar-refractivity contribution is 5.43. The van der Waals surface area contributed by atoms with Gasteiger partial charge in [0, 0.05) is 18.6 Å². The predicted octanol–water partition coefficient (Wildman–Crippen LogP) is 6.95. The minimum Gasteiger partial charge on any atom is -0.321 e. The van der Waals surface area contributed by atoms with Gasteiger partial charge in [0.15, 0.2) is 0 Å². The van der Waals surface area contributed by atoms with Crippen LogP contribution in [0.4, 0.5) is 0 Å². The molecule has 2 aliphatic rings. The number of rotatable bonds is 7. The van der Waals surface area contributed by atoms with E-state index in [-0.39, 0.29) is 5.54 Å². The molecular formula is C31H38N2. The fraction of sp³-hybridized carbons (Fsp3) is 0.419. The van der Waals surface area contributed by atoms with Crippen LogP contribution in [0.1, 0.15) is 85.2 Å². The minimum absolute atomic E-state index is 0.223. The maximum Gasteiger partial charge on any atom is 0.0607 e. The standard InChI is InChI=1S/C31H38N2/c1-2-11-24-12-6-7-18-28(24)30(29-19-9-8-17-27(29)25-13-10-14-25)33-22-20-31(32,21-23-33)26-15-4-3-5-16-26/h3-9,12,15-19,25,30H,2,10-11,13-14,20-23,32H2,1H3. The summed E-state index contributed by atoms with van der Waals surface area (Å²) >= 11 is 0. The molecule has 1 heterocycles. The van der Waals surface area contributed by atoms with Crippen molar-refractivity contribution < 1.29 is 0 Å². The first-order valence-corrected chi connectivity index (χ1v) is 12.9. The molecule has 0 aromatic heterocycles. The van der Waals surface area contributed by atoms with Crippen molar-refractivity contribution in [2.75, 3.05) is 13.1 Å². The Hall–Kier alpha value is -2.42. The van der Waals surface area contributed by atoms with E-state index in [4.69, 9.17) is 5.73 Å². The molecule has 1 atom stereocenters. The summed E-state index contributed by atoms with van der Waals surface area (Å²) in [6, 6.07) is 29.5. The van der Waals surface area contributed by atoms with E-state index in [9.17, 15) is 0 Å². The first kappa shape index (κ1) is 22.4. The Kier molecular flexibility index (Phi) is 6.66. The van der Waals surface area contributed by atoms with Gasteiger partial charge in [-0.3, -0.25) is 4.90 Å². The van der Waals surface area contributed by atoms with Crippen LogP contribution in [0, 0.1) is 0 Å². The highest BCUT2D eigenvalue weighted by Crippen LogP contribution is 2.44. The second-order valence-corrected chi connectivity index (χ2v) is 10.2.